The van der Waals surface area contributed by atoms with E-state index in [0.29, 0.717) is 12.0 Å². The van der Waals surface area contributed by atoms with Crippen molar-refractivity contribution in [1.82, 2.24) is 10.3 Å². The fraction of sp³-hybridized carbons (Fsp3) is 0.500. The van der Waals surface area contributed by atoms with Crippen molar-refractivity contribution in [2.75, 3.05) is 6.54 Å². The van der Waals surface area contributed by atoms with Crippen LogP contribution in [0.25, 0.3) is 0 Å². The molecule has 1 N–H and O–H groups in total. The van der Waals surface area contributed by atoms with Crippen LogP contribution in [0.15, 0.2) is 48.8 Å². The van der Waals surface area contributed by atoms with Crippen LogP contribution in [0.2, 0.25) is 0 Å². The number of aryl methyl sites for hydroxylation is 1. The largest absolute Gasteiger partial charge is 0.490 e. The highest BCUT2D eigenvalue weighted by Gasteiger charge is 2.27. The molecule has 25 heavy (non-hydrogen) atoms. The Morgan fingerprint density at radius 1 is 1.24 bits per heavy atom. The summed E-state index contributed by atoms with van der Waals surface area (Å²) in [5.74, 6) is 2.43. The topological polar surface area (TPSA) is 34.1 Å². The maximum Gasteiger partial charge on any atom is 0.119 e. The highest BCUT2D eigenvalue weighted by Crippen LogP contribution is 2.32. The predicted octanol–water partition coefficient (Wildman–Crippen LogP) is 4.75. The molecule has 1 heterocycles. The second-order valence-corrected chi connectivity index (χ2v) is 7.45. The third kappa shape index (κ3) is 5.57. The normalized spacial score (nSPS) is 21.7. The first-order valence-corrected chi connectivity index (χ1v) is 9.53. The lowest BCUT2D eigenvalue weighted by molar-refractivity contribution is 0.102. The monoisotopic (exact) mass is 338 g/mol. The Morgan fingerprint density at radius 3 is 2.96 bits per heavy atom. The van der Waals surface area contributed by atoms with Crippen molar-refractivity contribution in [2.24, 2.45) is 11.8 Å². The number of hydrogen-bond donors (Lipinski definition) is 1. The lowest BCUT2D eigenvalue weighted by atomic mass is 9.79. The summed E-state index contributed by atoms with van der Waals surface area (Å²) in [6, 6.07) is 12.5. The molecule has 1 saturated carbocycles. The van der Waals surface area contributed by atoms with Crippen molar-refractivity contribution in [3.63, 3.8) is 0 Å². The summed E-state index contributed by atoms with van der Waals surface area (Å²) < 4.78 is 6.26. The van der Waals surface area contributed by atoms with Gasteiger partial charge in [-0.15, -0.1) is 0 Å². The van der Waals surface area contributed by atoms with E-state index in [-0.39, 0.29) is 0 Å². The Labute approximate surface area is 151 Å². The second kappa shape index (κ2) is 9.00. The van der Waals surface area contributed by atoms with E-state index in [1.807, 2.05) is 18.5 Å². The molecule has 1 unspecified atom stereocenters. The second-order valence-electron chi connectivity index (χ2n) is 7.45. The van der Waals surface area contributed by atoms with E-state index in [1.54, 1.807) is 0 Å². The summed E-state index contributed by atoms with van der Waals surface area (Å²) >= 11 is 0. The lowest BCUT2D eigenvalue weighted by Crippen LogP contribution is -2.33. The number of nitrogens with one attached hydrogen (secondary N) is 1. The summed E-state index contributed by atoms with van der Waals surface area (Å²) in [6.45, 7) is 6.44. The van der Waals surface area contributed by atoms with Gasteiger partial charge in [0.1, 0.15) is 5.75 Å². The smallest absolute Gasteiger partial charge is 0.119 e. The Balaban J connectivity index is 1.45. The van der Waals surface area contributed by atoms with Gasteiger partial charge in [0.05, 0.1) is 6.10 Å². The number of nitrogens with zero attached hydrogens (tertiary/aromatic N) is 1. The van der Waals surface area contributed by atoms with Crippen LogP contribution in [0, 0.1) is 18.8 Å². The average molecular weight is 338 g/mol. The zero-order valence-electron chi connectivity index (χ0n) is 15.4. The molecular formula is C22H30N2O. The Hall–Kier alpha value is -1.87. The van der Waals surface area contributed by atoms with Crippen LogP contribution in [0.5, 0.6) is 5.75 Å². The van der Waals surface area contributed by atoms with E-state index in [2.05, 4.69) is 54.5 Å². The molecule has 1 aliphatic carbocycles. The third-order valence-corrected chi connectivity index (χ3v) is 5.28. The molecule has 3 heteroatoms. The van der Waals surface area contributed by atoms with Crippen molar-refractivity contribution in [3.05, 3.63) is 59.9 Å². The molecule has 1 aromatic heterocycles. The van der Waals surface area contributed by atoms with Crippen molar-refractivity contribution < 1.29 is 4.74 Å². The van der Waals surface area contributed by atoms with Crippen LogP contribution in [0.3, 0.4) is 0 Å². The zero-order valence-corrected chi connectivity index (χ0v) is 15.4. The van der Waals surface area contributed by atoms with E-state index in [0.717, 1.165) is 24.8 Å². The highest BCUT2D eigenvalue weighted by atomic mass is 16.5. The van der Waals surface area contributed by atoms with Crippen LogP contribution >= 0.6 is 0 Å². The summed E-state index contributed by atoms with van der Waals surface area (Å²) in [5, 5.41) is 3.59. The van der Waals surface area contributed by atoms with Crippen molar-refractivity contribution in [3.8, 4) is 5.75 Å². The molecule has 0 bridgehead atoms. The first kappa shape index (κ1) is 17.9. The summed E-state index contributed by atoms with van der Waals surface area (Å²) in [5.41, 5.74) is 2.51. The number of ether oxygens (including phenoxy) is 1. The van der Waals surface area contributed by atoms with Gasteiger partial charge in [0.15, 0.2) is 0 Å². The van der Waals surface area contributed by atoms with Crippen LogP contribution < -0.4 is 10.1 Å². The number of rotatable bonds is 7. The highest BCUT2D eigenvalue weighted by molar-refractivity contribution is 5.27. The molecular weight excluding hydrogens is 308 g/mol. The SMILES string of the molecule is Cc1cccc(O[C@@H]2CCCC([C@H](C)CNCc3cccnc3)C2)c1. The maximum absolute atomic E-state index is 6.26. The molecule has 3 atom stereocenters. The average Bonchev–Trinajstić information content (AvgIpc) is 2.63. The van der Waals surface area contributed by atoms with Gasteiger partial charge in [-0.2, -0.15) is 0 Å². The summed E-state index contributed by atoms with van der Waals surface area (Å²) in [4.78, 5) is 4.17. The van der Waals surface area contributed by atoms with E-state index < -0.39 is 0 Å². The maximum atomic E-state index is 6.26. The molecule has 0 saturated heterocycles. The summed E-state index contributed by atoms with van der Waals surface area (Å²) in [6.07, 6.45) is 9.06. The lowest BCUT2D eigenvalue weighted by Gasteiger charge is -2.33. The minimum Gasteiger partial charge on any atom is -0.490 e. The van der Waals surface area contributed by atoms with Gasteiger partial charge < -0.3 is 10.1 Å². The first-order chi connectivity index (χ1) is 12.2. The zero-order chi connectivity index (χ0) is 17.5. The molecule has 2 aromatic rings. The Bertz CT molecular complexity index is 643. The number of aromatic nitrogens is 1. The predicted molar refractivity (Wildman–Crippen MR) is 103 cm³/mol. The molecule has 134 valence electrons. The minimum atomic E-state index is 0.362. The van der Waals surface area contributed by atoms with Gasteiger partial charge in [0, 0.05) is 18.9 Å². The molecule has 3 rings (SSSR count). The molecule has 1 fully saturated rings. The van der Waals surface area contributed by atoms with E-state index in [1.165, 1.54) is 36.8 Å². The molecule has 0 amide bonds. The fourth-order valence-electron chi connectivity index (χ4n) is 3.80. The van der Waals surface area contributed by atoms with Crippen LogP contribution in [0.1, 0.15) is 43.7 Å². The molecule has 0 radical (unpaired) electrons. The molecule has 1 aliphatic rings. The van der Waals surface area contributed by atoms with Crippen LogP contribution in [-0.2, 0) is 6.54 Å². The van der Waals surface area contributed by atoms with Crippen molar-refractivity contribution in [1.29, 1.82) is 0 Å². The first-order valence-electron chi connectivity index (χ1n) is 9.53. The van der Waals surface area contributed by atoms with Gasteiger partial charge in [-0.05, 0) is 80.3 Å². The standard InChI is InChI=1S/C22H30N2O/c1-17-6-3-9-21(12-17)25-22-10-4-8-20(13-22)18(2)14-24-16-19-7-5-11-23-15-19/h3,5-7,9,11-12,15,18,20,22,24H,4,8,10,13-14,16H2,1-2H3/t18-,20?,22-/m1/s1. The van der Waals surface area contributed by atoms with Gasteiger partial charge in [-0.25, -0.2) is 0 Å². The summed E-state index contributed by atoms with van der Waals surface area (Å²) in [7, 11) is 0. The number of pyridine rings is 1. The third-order valence-electron chi connectivity index (χ3n) is 5.28. The number of hydrogen-bond acceptors (Lipinski definition) is 3. The van der Waals surface area contributed by atoms with Crippen molar-refractivity contribution >= 4 is 0 Å². The van der Waals surface area contributed by atoms with Gasteiger partial charge in [-0.3, -0.25) is 4.98 Å². The van der Waals surface area contributed by atoms with Gasteiger partial charge in [0.25, 0.3) is 0 Å². The quantitative estimate of drug-likeness (QED) is 0.791. The van der Waals surface area contributed by atoms with E-state index in [4.69, 9.17) is 4.74 Å². The van der Waals surface area contributed by atoms with E-state index in [9.17, 15) is 0 Å². The molecule has 0 aliphatic heterocycles. The van der Waals surface area contributed by atoms with Crippen LogP contribution in [0.4, 0.5) is 0 Å². The van der Waals surface area contributed by atoms with Crippen LogP contribution in [-0.4, -0.2) is 17.6 Å². The van der Waals surface area contributed by atoms with Gasteiger partial charge in [0.2, 0.25) is 0 Å². The van der Waals surface area contributed by atoms with Crippen molar-refractivity contribution in [2.45, 2.75) is 52.2 Å². The Morgan fingerprint density at radius 2 is 2.16 bits per heavy atom. The van der Waals surface area contributed by atoms with Gasteiger partial charge >= 0.3 is 0 Å². The van der Waals surface area contributed by atoms with Gasteiger partial charge in [-0.1, -0.05) is 25.1 Å². The Kier molecular flexibility index (Phi) is 6.46. The van der Waals surface area contributed by atoms with E-state index >= 15 is 0 Å². The molecule has 0 spiro atoms. The molecule has 3 nitrogen and oxygen atoms in total. The fourth-order valence-corrected chi connectivity index (χ4v) is 3.80. The number of benzene rings is 1. The minimum absolute atomic E-state index is 0.362. The molecule has 1 aromatic carbocycles.